The number of likely N-dealkylation sites (N-methyl/N-ethyl adjacent to an activating group) is 1. The lowest BCUT2D eigenvalue weighted by Crippen LogP contribution is -2.60. The molecule has 0 aliphatic carbocycles. The zero-order valence-electron chi connectivity index (χ0n) is 21.3. The van der Waals surface area contributed by atoms with Crippen LogP contribution in [-0.4, -0.2) is 55.2 Å². The minimum absolute atomic E-state index is 0.0733. The summed E-state index contributed by atoms with van der Waals surface area (Å²) in [5.41, 5.74) is 3.49. The Hall–Kier alpha value is -2.89. The van der Waals surface area contributed by atoms with E-state index >= 15 is 0 Å². The first-order valence-electron chi connectivity index (χ1n) is 12.6. The maximum Gasteiger partial charge on any atom is 0.161 e. The molecular weight excluding hydrogens is 439 g/mol. The third-order valence-electron chi connectivity index (χ3n) is 7.05. The van der Waals surface area contributed by atoms with Gasteiger partial charge >= 0.3 is 0 Å². The first kappa shape index (κ1) is 25.2. The summed E-state index contributed by atoms with van der Waals surface area (Å²) < 4.78 is 25.4. The Labute approximate surface area is 209 Å². The zero-order valence-corrected chi connectivity index (χ0v) is 21.3. The number of piperazine rings is 1. The molecule has 1 aliphatic heterocycles. The first-order valence-corrected chi connectivity index (χ1v) is 12.6. The fraction of sp³-hybridized carbons (Fsp3) is 0.400. The molecule has 2 unspecified atom stereocenters. The van der Waals surface area contributed by atoms with E-state index in [9.17, 15) is 4.39 Å². The third-order valence-corrected chi connectivity index (χ3v) is 7.05. The van der Waals surface area contributed by atoms with E-state index in [0.717, 1.165) is 43.1 Å². The van der Waals surface area contributed by atoms with Gasteiger partial charge in [0.15, 0.2) is 11.5 Å². The molecule has 0 N–H and O–H groups in total. The highest BCUT2D eigenvalue weighted by Gasteiger charge is 2.39. The van der Waals surface area contributed by atoms with Crippen LogP contribution in [0.15, 0.2) is 72.8 Å². The van der Waals surface area contributed by atoms with E-state index in [0.29, 0.717) is 13.2 Å². The van der Waals surface area contributed by atoms with E-state index < -0.39 is 0 Å². The Morgan fingerprint density at radius 2 is 1.51 bits per heavy atom. The van der Waals surface area contributed by atoms with Crippen molar-refractivity contribution in [1.29, 1.82) is 0 Å². The normalized spacial score (nSPS) is 19.9. The number of halogens is 1. The van der Waals surface area contributed by atoms with Crippen LogP contribution >= 0.6 is 0 Å². The van der Waals surface area contributed by atoms with Crippen LogP contribution in [0, 0.1) is 5.82 Å². The Kier molecular flexibility index (Phi) is 8.09. The zero-order chi connectivity index (χ0) is 24.8. The number of hydrogen-bond donors (Lipinski definition) is 0. The standard InChI is InChI=1S/C30H37FN2O2/c1-5-34-27-17-12-23(20-28(27)35-6-2)21-30(3)22-33(19-18-32(30)4)29(24-10-8-7-9-11-24)25-13-15-26(31)16-14-25/h7-17,20,29H,5-6,18-19,21-22H2,1-4H3. The quantitative estimate of drug-likeness (QED) is 0.380. The van der Waals surface area contributed by atoms with E-state index in [-0.39, 0.29) is 17.4 Å². The van der Waals surface area contributed by atoms with Gasteiger partial charge in [-0.2, -0.15) is 0 Å². The summed E-state index contributed by atoms with van der Waals surface area (Å²) in [5, 5.41) is 0. The molecule has 1 aliphatic rings. The Bertz CT molecular complexity index is 1090. The molecule has 4 nitrogen and oxygen atoms in total. The first-order chi connectivity index (χ1) is 16.9. The third kappa shape index (κ3) is 5.85. The van der Waals surface area contributed by atoms with E-state index in [1.54, 1.807) is 12.1 Å². The average molecular weight is 477 g/mol. The molecule has 3 aromatic rings. The van der Waals surface area contributed by atoms with Crippen LogP contribution < -0.4 is 9.47 Å². The van der Waals surface area contributed by atoms with Gasteiger partial charge in [-0.05, 0) is 75.2 Å². The van der Waals surface area contributed by atoms with Crippen molar-refractivity contribution in [3.05, 3.63) is 95.3 Å². The van der Waals surface area contributed by atoms with Crippen molar-refractivity contribution in [3.8, 4) is 11.5 Å². The van der Waals surface area contributed by atoms with Gasteiger partial charge in [-0.1, -0.05) is 48.5 Å². The fourth-order valence-electron chi connectivity index (χ4n) is 5.14. The monoisotopic (exact) mass is 476 g/mol. The van der Waals surface area contributed by atoms with Gasteiger partial charge in [0.2, 0.25) is 0 Å². The molecule has 0 bridgehead atoms. The van der Waals surface area contributed by atoms with Crippen molar-refractivity contribution in [2.45, 2.75) is 38.8 Å². The molecule has 0 saturated carbocycles. The molecule has 2 atom stereocenters. The van der Waals surface area contributed by atoms with Crippen molar-refractivity contribution in [1.82, 2.24) is 9.80 Å². The maximum atomic E-state index is 13.7. The smallest absolute Gasteiger partial charge is 0.161 e. The van der Waals surface area contributed by atoms with Crippen molar-refractivity contribution in [3.63, 3.8) is 0 Å². The molecule has 186 valence electrons. The Morgan fingerprint density at radius 1 is 0.857 bits per heavy atom. The molecule has 1 fully saturated rings. The number of hydrogen-bond acceptors (Lipinski definition) is 4. The predicted octanol–water partition coefficient (Wildman–Crippen LogP) is 5.96. The maximum absolute atomic E-state index is 13.7. The lowest BCUT2D eigenvalue weighted by molar-refractivity contribution is 0.0133. The van der Waals surface area contributed by atoms with Crippen LogP contribution in [0.4, 0.5) is 4.39 Å². The van der Waals surface area contributed by atoms with Crippen molar-refractivity contribution >= 4 is 0 Å². The van der Waals surface area contributed by atoms with E-state index in [2.05, 4.69) is 60.2 Å². The van der Waals surface area contributed by atoms with E-state index in [4.69, 9.17) is 9.47 Å². The van der Waals surface area contributed by atoms with Crippen LogP contribution in [0.25, 0.3) is 0 Å². The molecule has 35 heavy (non-hydrogen) atoms. The van der Waals surface area contributed by atoms with E-state index in [1.165, 1.54) is 11.1 Å². The van der Waals surface area contributed by atoms with Gasteiger partial charge in [0.1, 0.15) is 5.82 Å². The second-order valence-corrected chi connectivity index (χ2v) is 9.58. The van der Waals surface area contributed by atoms with Crippen molar-refractivity contribution < 1.29 is 13.9 Å². The SMILES string of the molecule is CCOc1ccc(CC2(C)CN(C(c3ccccc3)c3ccc(F)cc3)CCN2C)cc1OCC. The van der Waals surface area contributed by atoms with Gasteiger partial charge in [0, 0.05) is 25.2 Å². The molecule has 0 spiro atoms. The fourth-order valence-corrected chi connectivity index (χ4v) is 5.14. The van der Waals surface area contributed by atoms with Crippen molar-refractivity contribution in [2.24, 2.45) is 0 Å². The van der Waals surface area contributed by atoms with E-state index in [1.807, 2.05) is 38.1 Å². The van der Waals surface area contributed by atoms with Crippen LogP contribution in [-0.2, 0) is 6.42 Å². The number of benzene rings is 3. The number of rotatable bonds is 9. The summed E-state index contributed by atoms with van der Waals surface area (Å²) in [6.45, 7) is 10.3. The molecule has 0 amide bonds. The van der Waals surface area contributed by atoms with Crippen LogP contribution in [0.2, 0.25) is 0 Å². The Balaban J connectivity index is 1.63. The van der Waals surface area contributed by atoms with Gasteiger partial charge in [-0.25, -0.2) is 4.39 Å². The molecule has 0 radical (unpaired) electrons. The topological polar surface area (TPSA) is 24.9 Å². The second kappa shape index (κ2) is 11.2. The molecule has 0 aromatic heterocycles. The molecule has 4 rings (SSSR count). The minimum Gasteiger partial charge on any atom is -0.490 e. The highest BCUT2D eigenvalue weighted by Crippen LogP contribution is 2.36. The van der Waals surface area contributed by atoms with Gasteiger partial charge in [0.05, 0.1) is 19.3 Å². The summed E-state index contributed by atoms with van der Waals surface area (Å²) in [6, 6.07) is 23.9. The van der Waals surface area contributed by atoms with Crippen LogP contribution in [0.1, 0.15) is 43.5 Å². The summed E-state index contributed by atoms with van der Waals surface area (Å²) in [6.07, 6.45) is 0.886. The summed E-state index contributed by atoms with van der Waals surface area (Å²) in [4.78, 5) is 5.01. The molecular formula is C30H37FN2O2. The summed E-state index contributed by atoms with van der Waals surface area (Å²) >= 11 is 0. The number of nitrogens with zero attached hydrogens (tertiary/aromatic N) is 2. The van der Waals surface area contributed by atoms with Crippen molar-refractivity contribution in [2.75, 3.05) is 39.9 Å². The van der Waals surface area contributed by atoms with Gasteiger partial charge in [0.25, 0.3) is 0 Å². The molecule has 1 heterocycles. The van der Waals surface area contributed by atoms with Gasteiger partial charge in [-0.3, -0.25) is 9.80 Å². The van der Waals surface area contributed by atoms with Crippen LogP contribution in [0.3, 0.4) is 0 Å². The van der Waals surface area contributed by atoms with Gasteiger partial charge < -0.3 is 9.47 Å². The number of ether oxygens (including phenoxy) is 2. The summed E-state index contributed by atoms with van der Waals surface area (Å²) in [7, 11) is 2.21. The minimum atomic E-state index is -0.204. The highest BCUT2D eigenvalue weighted by atomic mass is 19.1. The van der Waals surface area contributed by atoms with Crippen LogP contribution in [0.5, 0.6) is 11.5 Å². The molecule has 3 aromatic carbocycles. The average Bonchev–Trinajstić information content (AvgIpc) is 2.85. The lowest BCUT2D eigenvalue weighted by Gasteiger charge is -2.50. The highest BCUT2D eigenvalue weighted by molar-refractivity contribution is 5.43. The Morgan fingerprint density at radius 3 is 2.20 bits per heavy atom. The predicted molar refractivity (Wildman–Crippen MR) is 140 cm³/mol. The largest absolute Gasteiger partial charge is 0.490 e. The second-order valence-electron chi connectivity index (χ2n) is 9.58. The van der Waals surface area contributed by atoms with Gasteiger partial charge in [-0.15, -0.1) is 0 Å². The summed E-state index contributed by atoms with van der Waals surface area (Å²) in [5.74, 6) is 1.39. The molecule has 5 heteroatoms. The molecule has 1 saturated heterocycles. The lowest BCUT2D eigenvalue weighted by atomic mass is 9.86.